The van der Waals surface area contributed by atoms with Gasteiger partial charge in [0.1, 0.15) is 5.75 Å². The number of aryl methyl sites for hydroxylation is 1. The van der Waals surface area contributed by atoms with Gasteiger partial charge in [0.15, 0.2) is 0 Å². The Morgan fingerprint density at radius 3 is 2.39 bits per heavy atom. The second-order valence-electron chi connectivity index (χ2n) is 4.29. The van der Waals surface area contributed by atoms with E-state index in [0.717, 1.165) is 15.7 Å². The smallest absolute Gasteiger partial charge is 0.254 e. The highest BCUT2D eigenvalue weighted by atomic mass is 79.9. The minimum absolute atomic E-state index is 0.0109. The molecule has 0 radical (unpaired) electrons. The third kappa shape index (κ3) is 2.48. The van der Waals surface area contributed by atoms with E-state index in [1.54, 1.807) is 10.6 Å². The van der Waals surface area contributed by atoms with Crippen LogP contribution < -0.4 is 5.56 Å². The molecule has 1 aromatic carbocycles. The van der Waals surface area contributed by atoms with Gasteiger partial charge in [-0.15, -0.1) is 0 Å². The lowest BCUT2D eigenvalue weighted by atomic mass is 10.1. The molecule has 0 aliphatic carbocycles. The van der Waals surface area contributed by atoms with Gasteiger partial charge in [0.25, 0.3) is 5.56 Å². The first-order chi connectivity index (χ1) is 8.49. The van der Waals surface area contributed by atoms with Crippen molar-refractivity contribution in [1.82, 2.24) is 4.57 Å². The van der Waals surface area contributed by atoms with E-state index in [1.807, 2.05) is 38.1 Å². The summed E-state index contributed by atoms with van der Waals surface area (Å²) in [5.41, 5.74) is 1.60. The summed E-state index contributed by atoms with van der Waals surface area (Å²) in [6.07, 6.45) is 0. The van der Waals surface area contributed by atoms with Gasteiger partial charge in [-0.3, -0.25) is 4.79 Å². The van der Waals surface area contributed by atoms with Crippen molar-refractivity contribution >= 4 is 15.9 Å². The number of halogens is 1. The van der Waals surface area contributed by atoms with Crippen molar-refractivity contribution in [2.24, 2.45) is 0 Å². The molecule has 1 atom stereocenters. The number of benzene rings is 1. The zero-order chi connectivity index (χ0) is 13.3. The predicted molar refractivity (Wildman–Crippen MR) is 75.1 cm³/mol. The molecule has 2 rings (SSSR count). The van der Waals surface area contributed by atoms with Crippen molar-refractivity contribution in [2.45, 2.75) is 19.9 Å². The first-order valence-electron chi connectivity index (χ1n) is 5.66. The van der Waals surface area contributed by atoms with Crippen LogP contribution in [0.4, 0.5) is 0 Å². The summed E-state index contributed by atoms with van der Waals surface area (Å²) in [5, 5.41) is 9.39. The molecule has 0 unspecified atom stereocenters. The topological polar surface area (TPSA) is 42.2 Å². The Bertz CT molecular complexity index is 617. The molecule has 0 amide bonds. The Labute approximate surface area is 114 Å². The first-order valence-corrected chi connectivity index (χ1v) is 6.46. The summed E-state index contributed by atoms with van der Waals surface area (Å²) < 4.78 is 2.68. The Hall–Kier alpha value is -1.55. The van der Waals surface area contributed by atoms with Crippen LogP contribution in [0, 0.1) is 6.92 Å². The van der Waals surface area contributed by atoms with Crippen molar-refractivity contribution in [2.75, 3.05) is 0 Å². The lowest BCUT2D eigenvalue weighted by Gasteiger charge is -2.18. The molecule has 0 aliphatic heterocycles. The zero-order valence-electron chi connectivity index (χ0n) is 10.2. The van der Waals surface area contributed by atoms with Crippen LogP contribution in [0.1, 0.15) is 24.2 Å². The van der Waals surface area contributed by atoms with Gasteiger partial charge >= 0.3 is 0 Å². The van der Waals surface area contributed by atoms with Crippen LogP contribution in [0.3, 0.4) is 0 Å². The largest absolute Gasteiger partial charge is 0.508 e. The van der Waals surface area contributed by atoms with Gasteiger partial charge < -0.3 is 9.67 Å². The van der Waals surface area contributed by atoms with Crippen LogP contribution in [0.5, 0.6) is 5.75 Å². The van der Waals surface area contributed by atoms with Crippen LogP contribution in [-0.4, -0.2) is 9.67 Å². The zero-order valence-corrected chi connectivity index (χ0v) is 11.8. The average Bonchev–Trinajstić information content (AvgIpc) is 2.28. The molecule has 0 spiro atoms. The van der Waals surface area contributed by atoms with E-state index in [1.165, 1.54) is 6.07 Å². The lowest BCUT2D eigenvalue weighted by molar-refractivity contribution is 0.467. The molecule has 2 aromatic rings. The van der Waals surface area contributed by atoms with E-state index in [2.05, 4.69) is 15.9 Å². The van der Waals surface area contributed by atoms with Gasteiger partial charge in [-0.25, -0.2) is 0 Å². The number of hydrogen-bond acceptors (Lipinski definition) is 2. The molecule has 4 heteroatoms. The fraction of sp³-hybridized carbons (Fsp3) is 0.214. The molecule has 0 fully saturated rings. The average molecular weight is 308 g/mol. The Morgan fingerprint density at radius 1 is 1.22 bits per heavy atom. The number of aromatic nitrogens is 1. The fourth-order valence-corrected chi connectivity index (χ4v) is 2.35. The summed E-state index contributed by atoms with van der Waals surface area (Å²) in [5.74, 6) is 0.0109. The van der Waals surface area contributed by atoms with Gasteiger partial charge in [-0.2, -0.15) is 0 Å². The van der Waals surface area contributed by atoms with Crippen molar-refractivity contribution in [3.05, 3.63) is 62.5 Å². The predicted octanol–water partition coefficient (Wildman–Crippen LogP) is 3.23. The van der Waals surface area contributed by atoms with E-state index < -0.39 is 0 Å². The van der Waals surface area contributed by atoms with E-state index in [9.17, 15) is 9.90 Å². The van der Waals surface area contributed by atoms with E-state index in [0.29, 0.717) is 0 Å². The van der Waals surface area contributed by atoms with E-state index in [4.69, 9.17) is 0 Å². The van der Waals surface area contributed by atoms with Crippen molar-refractivity contribution in [3.8, 4) is 5.75 Å². The summed E-state index contributed by atoms with van der Waals surface area (Å²) in [6, 6.07) is 10.6. The van der Waals surface area contributed by atoms with Gasteiger partial charge in [0.2, 0.25) is 0 Å². The minimum Gasteiger partial charge on any atom is -0.508 e. The summed E-state index contributed by atoms with van der Waals surface area (Å²) in [6.45, 7) is 3.78. The molecule has 0 saturated carbocycles. The lowest BCUT2D eigenvalue weighted by Crippen LogP contribution is -2.25. The van der Waals surface area contributed by atoms with E-state index >= 15 is 0 Å². The maximum atomic E-state index is 11.9. The highest BCUT2D eigenvalue weighted by Crippen LogP contribution is 2.21. The third-order valence-corrected chi connectivity index (χ3v) is 3.51. The Morgan fingerprint density at radius 2 is 1.83 bits per heavy atom. The third-order valence-electron chi connectivity index (χ3n) is 2.99. The van der Waals surface area contributed by atoms with E-state index in [-0.39, 0.29) is 17.4 Å². The molecule has 3 nitrogen and oxygen atoms in total. The molecular formula is C14H14BrNO2. The van der Waals surface area contributed by atoms with Gasteiger partial charge in [0.05, 0.1) is 6.04 Å². The molecule has 1 heterocycles. The summed E-state index contributed by atoms with van der Waals surface area (Å²) >= 11 is 3.39. The molecule has 1 N–H and O–H groups in total. The maximum absolute atomic E-state index is 11.9. The number of aromatic hydroxyl groups is 1. The van der Waals surface area contributed by atoms with Crippen LogP contribution in [0.2, 0.25) is 0 Å². The second-order valence-corrected chi connectivity index (χ2v) is 5.21. The number of rotatable bonds is 2. The van der Waals surface area contributed by atoms with Crippen LogP contribution in [0.15, 0.2) is 45.7 Å². The number of pyridine rings is 1. The van der Waals surface area contributed by atoms with Gasteiger partial charge in [0, 0.05) is 16.2 Å². The van der Waals surface area contributed by atoms with Gasteiger partial charge in [-0.1, -0.05) is 28.1 Å². The van der Waals surface area contributed by atoms with Crippen molar-refractivity contribution in [1.29, 1.82) is 0 Å². The van der Waals surface area contributed by atoms with Crippen molar-refractivity contribution < 1.29 is 5.11 Å². The first kappa shape index (κ1) is 12.9. The number of nitrogens with zero attached hydrogens (tertiary/aromatic N) is 1. The quantitative estimate of drug-likeness (QED) is 0.925. The standard InChI is InChI=1S/C14H14BrNO2/c1-9-7-13(17)8-14(18)16(9)10(2)11-3-5-12(15)6-4-11/h3-8,10,17H,1-2H3/t10-/m1/s1. The van der Waals surface area contributed by atoms with Crippen LogP contribution >= 0.6 is 15.9 Å². The molecule has 0 saturated heterocycles. The second kappa shape index (κ2) is 4.98. The summed E-state index contributed by atoms with van der Waals surface area (Å²) in [7, 11) is 0. The monoisotopic (exact) mass is 307 g/mol. The molecule has 1 aromatic heterocycles. The van der Waals surface area contributed by atoms with Crippen LogP contribution in [0.25, 0.3) is 0 Å². The molecule has 94 valence electrons. The SMILES string of the molecule is Cc1cc(O)cc(=O)n1[C@H](C)c1ccc(Br)cc1. The molecular weight excluding hydrogens is 294 g/mol. The van der Waals surface area contributed by atoms with Crippen LogP contribution in [-0.2, 0) is 0 Å². The molecule has 18 heavy (non-hydrogen) atoms. The minimum atomic E-state index is -0.192. The fourth-order valence-electron chi connectivity index (χ4n) is 2.08. The number of hydrogen-bond donors (Lipinski definition) is 1. The highest BCUT2D eigenvalue weighted by Gasteiger charge is 2.12. The highest BCUT2D eigenvalue weighted by molar-refractivity contribution is 9.10. The maximum Gasteiger partial charge on any atom is 0.254 e. The summed E-state index contributed by atoms with van der Waals surface area (Å²) in [4.78, 5) is 11.9. The Kier molecular flexibility index (Phi) is 3.57. The Balaban J connectivity index is 2.49. The molecule has 0 aliphatic rings. The molecule has 0 bridgehead atoms. The van der Waals surface area contributed by atoms with Crippen molar-refractivity contribution in [3.63, 3.8) is 0 Å². The van der Waals surface area contributed by atoms with Gasteiger partial charge in [-0.05, 0) is 37.6 Å². The normalized spacial score (nSPS) is 12.4.